The molecule has 0 aliphatic rings. The van der Waals surface area contributed by atoms with Crippen molar-refractivity contribution in [2.75, 3.05) is 17.2 Å². The van der Waals surface area contributed by atoms with Crippen LogP contribution in [0.2, 0.25) is 0 Å². The van der Waals surface area contributed by atoms with Gasteiger partial charge in [-0.15, -0.1) is 11.3 Å². The number of aromatic nitrogens is 4. The lowest BCUT2D eigenvalue weighted by Gasteiger charge is -2.11. The summed E-state index contributed by atoms with van der Waals surface area (Å²) in [4.78, 5) is 15.0. The lowest BCUT2D eigenvalue weighted by atomic mass is 10.3. The van der Waals surface area contributed by atoms with Gasteiger partial charge in [-0.2, -0.15) is 4.98 Å². The average Bonchev–Trinajstić information content (AvgIpc) is 3.43. The van der Waals surface area contributed by atoms with Gasteiger partial charge in [0.15, 0.2) is 5.65 Å². The summed E-state index contributed by atoms with van der Waals surface area (Å²) in [6.07, 6.45) is 2.58. The molecule has 0 bridgehead atoms. The van der Waals surface area contributed by atoms with Crippen LogP contribution in [0.1, 0.15) is 4.88 Å². The largest absolute Gasteiger partial charge is 0.354 e. The van der Waals surface area contributed by atoms with Gasteiger partial charge in [0, 0.05) is 11.4 Å². The molecule has 0 atom stereocenters. The number of thiophene rings is 1. The third-order valence-corrected chi connectivity index (χ3v) is 5.71. The van der Waals surface area contributed by atoms with E-state index in [9.17, 15) is 4.39 Å². The summed E-state index contributed by atoms with van der Waals surface area (Å²) in [5, 5.41) is 8.45. The zero-order valence-corrected chi connectivity index (χ0v) is 17.3. The molecule has 2 aromatic carbocycles. The summed E-state index contributed by atoms with van der Waals surface area (Å²) >= 11 is 1.73. The molecule has 3 aromatic heterocycles. The number of imidazole rings is 1. The second-order valence-corrected chi connectivity index (χ2v) is 7.90. The molecule has 0 saturated heterocycles. The van der Waals surface area contributed by atoms with E-state index in [0.29, 0.717) is 28.7 Å². The predicted molar refractivity (Wildman–Crippen MR) is 123 cm³/mol. The number of anilines is 3. The number of hydrogen-bond acceptors (Lipinski definition) is 6. The summed E-state index contributed by atoms with van der Waals surface area (Å²) in [6.45, 7) is 0.728. The highest BCUT2D eigenvalue weighted by Crippen LogP contribution is 2.27. The van der Waals surface area contributed by atoms with E-state index in [1.807, 2.05) is 41.0 Å². The first-order chi connectivity index (χ1) is 15.3. The van der Waals surface area contributed by atoms with E-state index in [1.165, 1.54) is 10.9 Å². The van der Waals surface area contributed by atoms with Crippen LogP contribution in [-0.4, -0.2) is 26.1 Å². The minimum atomic E-state index is -0.351. The number of nitrogens with zero attached hydrogens (tertiary/aromatic N) is 4. The van der Waals surface area contributed by atoms with Gasteiger partial charge in [-0.3, -0.25) is 4.57 Å². The second-order valence-electron chi connectivity index (χ2n) is 6.87. The third-order valence-electron chi connectivity index (χ3n) is 4.77. The third kappa shape index (κ3) is 4.10. The van der Waals surface area contributed by atoms with Crippen molar-refractivity contribution >= 4 is 40.1 Å². The quantitative estimate of drug-likeness (QED) is 0.361. The zero-order valence-electron chi connectivity index (χ0n) is 16.5. The minimum Gasteiger partial charge on any atom is -0.354 e. The molecule has 0 spiro atoms. The van der Waals surface area contributed by atoms with Crippen molar-refractivity contribution in [2.45, 2.75) is 6.42 Å². The number of rotatable bonds is 7. The van der Waals surface area contributed by atoms with Gasteiger partial charge >= 0.3 is 0 Å². The molecule has 0 aliphatic carbocycles. The fraction of sp³-hybridized carbons (Fsp3) is 0.0870. The number of hydrogen-bond donors (Lipinski definition) is 2. The number of para-hydroxylation sites is 2. The van der Waals surface area contributed by atoms with Crippen LogP contribution in [0.5, 0.6) is 0 Å². The van der Waals surface area contributed by atoms with Gasteiger partial charge < -0.3 is 10.6 Å². The molecule has 0 unspecified atom stereocenters. The van der Waals surface area contributed by atoms with Gasteiger partial charge in [0.05, 0.1) is 17.6 Å². The number of halogens is 1. The first-order valence-corrected chi connectivity index (χ1v) is 10.7. The molecule has 3 heterocycles. The van der Waals surface area contributed by atoms with Gasteiger partial charge in [0.2, 0.25) is 11.9 Å². The zero-order chi connectivity index (χ0) is 21.0. The molecular weight excluding hydrogens is 411 g/mol. The monoisotopic (exact) mass is 430 g/mol. The van der Waals surface area contributed by atoms with E-state index in [1.54, 1.807) is 35.7 Å². The molecule has 154 valence electrons. The Labute approximate surface area is 182 Å². The molecule has 31 heavy (non-hydrogen) atoms. The van der Waals surface area contributed by atoms with Gasteiger partial charge in [-0.05, 0) is 42.1 Å². The van der Waals surface area contributed by atoms with Crippen molar-refractivity contribution < 1.29 is 4.39 Å². The first-order valence-electron chi connectivity index (χ1n) is 9.87. The Bertz CT molecular complexity index is 1300. The number of fused-ring (bicyclic) bond motifs is 1. The fourth-order valence-electron chi connectivity index (χ4n) is 3.30. The van der Waals surface area contributed by atoms with Crippen LogP contribution in [0, 0.1) is 5.82 Å². The summed E-state index contributed by atoms with van der Waals surface area (Å²) in [6, 6.07) is 20.4. The van der Waals surface area contributed by atoms with Crippen molar-refractivity contribution in [3.05, 3.63) is 89.0 Å². The van der Waals surface area contributed by atoms with Crippen LogP contribution in [0.15, 0.2) is 78.3 Å². The Balaban J connectivity index is 1.51. The molecule has 2 N–H and O–H groups in total. The lowest BCUT2D eigenvalue weighted by molar-refractivity contribution is 0.631. The first kappa shape index (κ1) is 19.2. The molecular formula is C23H19FN6S. The van der Waals surface area contributed by atoms with Gasteiger partial charge in [-0.1, -0.05) is 36.4 Å². The van der Waals surface area contributed by atoms with E-state index in [2.05, 4.69) is 32.0 Å². The molecule has 0 aliphatic heterocycles. The van der Waals surface area contributed by atoms with E-state index in [-0.39, 0.29) is 5.82 Å². The van der Waals surface area contributed by atoms with Crippen LogP contribution >= 0.6 is 11.3 Å². The van der Waals surface area contributed by atoms with Crippen LogP contribution in [0.4, 0.5) is 22.0 Å². The van der Waals surface area contributed by atoms with E-state index in [4.69, 9.17) is 4.98 Å². The van der Waals surface area contributed by atoms with Crippen molar-refractivity contribution in [1.29, 1.82) is 0 Å². The second kappa shape index (κ2) is 8.53. The van der Waals surface area contributed by atoms with Crippen molar-refractivity contribution in [3.8, 4) is 5.69 Å². The Kier molecular flexibility index (Phi) is 5.28. The van der Waals surface area contributed by atoms with Crippen molar-refractivity contribution in [2.24, 2.45) is 0 Å². The standard InChI is InChI=1S/C23H19FN6S/c24-18-10-4-5-11-19(18)27-23-28-20-15-26-22(25-13-12-17-9-6-14-31-17)29-21(20)30(23)16-7-2-1-3-8-16/h1-11,14-15H,12-13H2,(H,27,28)(H,25,26,29). The molecule has 5 rings (SSSR count). The molecule has 0 radical (unpaired) electrons. The predicted octanol–water partition coefficient (Wildman–Crippen LogP) is 5.41. The van der Waals surface area contributed by atoms with Crippen LogP contribution in [0.3, 0.4) is 0 Å². The lowest BCUT2D eigenvalue weighted by Crippen LogP contribution is -2.08. The highest BCUT2D eigenvalue weighted by atomic mass is 32.1. The fourth-order valence-corrected chi connectivity index (χ4v) is 4.01. The number of nitrogens with one attached hydrogen (secondary N) is 2. The highest BCUT2D eigenvalue weighted by Gasteiger charge is 2.16. The van der Waals surface area contributed by atoms with Crippen LogP contribution in [0.25, 0.3) is 16.9 Å². The normalized spacial score (nSPS) is 11.0. The molecule has 5 aromatic rings. The van der Waals surface area contributed by atoms with E-state index < -0.39 is 0 Å². The van der Waals surface area contributed by atoms with Gasteiger partial charge in [0.1, 0.15) is 11.3 Å². The van der Waals surface area contributed by atoms with Crippen LogP contribution < -0.4 is 10.6 Å². The van der Waals surface area contributed by atoms with E-state index in [0.717, 1.165) is 18.7 Å². The summed E-state index contributed by atoms with van der Waals surface area (Å²) in [5.41, 5.74) is 2.47. The number of benzene rings is 2. The molecule has 0 amide bonds. The minimum absolute atomic E-state index is 0.345. The average molecular weight is 431 g/mol. The Morgan fingerprint density at radius 1 is 0.935 bits per heavy atom. The Morgan fingerprint density at radius 3 is 2.58 bits per heavy atom. The maximum absolute atomic E-state index is 14.2. The highest BCUT2D eigenvalue weighted by molar-refractivity contribution is 7.09. The smallest absolute Gasteiger partial charge is 0.224 e. The van der Waals surface area contributed by atoms with Crippen LogP contribution in [-0.2, 0) is 6.42 Å². The SMILES string of the molecule is Fc1ccccc1Nc1nc2cnc(NCCc3cccs3)nc2n1-c1ccccc1. The molecule has 0 saturated carbocycles. The molecule has 8 heteroatoms. The maximum atomic E-state index is 14.2. The van der Waals surface area contributed by atoms with Gasteiger partial charge in [-0.25, -0.2) is 14.4 Å². The molecule has 6 nitrogen and oxygen atoms in total. The summed E-state index contributed by atoms with van der Waals surface area (Å²) in [7, 11) is 0. The van der Waals surface area contributed by atoms with Crippen molar-refractivity contribution in [1.82, 2.24) is 19.5 Å². The summed E-state index contributed by atoms with van der Waals surface area (Å²) in [5.74, 6) is 0.645. The summed E-state index contributed by atoms with van der Waals surface area (Å²) < 4.78 is 16.1. The maximum Gasteiger partial charge on any atom is 0.224 e. The van der Waals surface area contributed by atoms with Gasteiger partial charge in [0.25, 0.3) is 0 Å². The van der Waals surface area contributed by atoms with E-state index >= 15 is 0 Å². The Morgan fingerprint density at radius 2 is 1.77 bits per heavy atom. The van der Waals surface area contributed by atoms with Crippen molar-refractivity contribution in [3.63, 3.8) is 0 Å². The molecule has 0 fully saturated rings. The Hall–Kier alpha value is -3.78. The topological polar surface area (TPSA) is 67.7 Å².